The SMILES string of the molecule is OC1C=CC[C@@H](CCl)O1. The summed E-state index contributed by atoms with van der Waals surface area (Å²) in [6.45, 7) is 0. The number of halogens is 1. The lowest BCUT2D eigenvalue weighted by Crippen LogP contribution is -2.24. The van der Waals surface area contributed by atoms with Crippen LogP contribution in [0, 0.1) is 0 Å². The van der Waals surface area contributed by atoms with Gasteiger partial charge in [0.05, 0.1) is 6.10 Å². The number of alkyl halides is 1. The molecule has 0 spiro atoms. The second-order valence-electron chi connectivity index (χ2n) is 1.97. The second-order valence-corrected chi connectivity index (χ2v) is 2.28. The molecular weight excluding hydrogens is 140 g/mol. The smallest absolute Gasteiger partial charge is 0.174 e. The monoisotopic (exact) mass is 148 g/mol. The molecule has 3 heteroatoms. The van der Waals surface area contributed by atoms with Crippen molar-refractivity contribution in [1.82, 2.24) is 0 Å². The van der Waals surface area contributed by atoms with E-state index in [1.54, 1.807) is 6.08 Å². The Morgan fingerprint density at radius 1 is 1.78 bits per heavy atom. The highest BCUT2D eigenvalue weighted by atomic mass is 35.5. The summed E-state index contributed by atoms with van der Waals surface area (Å²) in [5.74, 6) is 0.446. The molecule has 0 aromatic heterocycles. The molecule has 9 heavy (non-hydrogen) atoms. The first kappa shape index (κ1) is 7.06. The molecule has 2 nitrogen and oxygen atoms in total. The molecule has 1 aliphatic rings. The molecule has 0 bridgehead atoms. The summed E-state index contributed by atoms with van der Waals surface area (Å²) in [5.41, 5.74) is 0. The highest BCUT2D eigenvalue weighted by molar-refractivity contribution is 6.18. The Labute approximate surface area is 59.1 Å². The van der Waals surface area contributed by atoms with Gasteiger partial charge in [-0.1, -0.05) is 6.08 Å². The Hall–Kier alpha value is -0.0500. The van der Waals surface area contributed by atoms with Crippen LogP contribution in [0.1, 0.15) is 6.42 Å². The third-order valence-electron chi connectivity index (χ3n) is 1.20. The Morgan fingerprint density at radius 3 is 3.00 bits per heavy atom. The minimum absolute atomic E-state index is 0.00772. The maximum Gasteiger partial charge on any atom is 0.174 e. The normalized spacial score (nSPS) is 34.9. The summed E-state index contributed by atoms with van der Waals surface area (Å²) < 4.78 is 4.97. The van der Waals surface area contributed by atoms with E-state index >= 15 is 0 Å². The van der Waals surface area contributed by atoms with Crippen molar-refractivity contribution in [2.45, 2.75) is 18.8 Å². The van der Waals surface area contributed by atoms with Crippen LogP contribution in [0.5, 0.6) is 0 Å². The minimum atomic E-state index is -0.748. The van der Waals surface area contributed by atoms with Gasteiger partial charge in [0.15, 0.2) is 6.29 Å². The quantitative estimate of drug-likeness (QED) is 0.442. The van der Waals surface area contributed by atoms with E-state index in [1.165, 1.54) is 0 Å². The molecule has 0 saturated heterocycles. The highest BCUT2D eigenvalue weighted by Gasteiger charge is 2.13. The number of hydrogen-bond acceptors (Lipinski definition) is 2. The fraction of sp³-hybridized carbons (Fsp3) is 0.667. The molecule has 0 aliphatic carbocycles. The third kappa shape index (κ3) is 1.97. The molecule has 1 heterocycles. The van der Waals surface area contributed by atoms with Gasteiger partial charge in [-0.2, -0.15) is 0 Å². The van der Waals surface area contributed by atoms with Crippen molar-refractivity contribution in [2.24, 2.45) is 0 Å². The molecule has 0 amide bonds. The lowest BCUT2D eigenvalue weighted by atomic mass is 10.2. The molecule has 1 aliphatic heterocycles. The van der Waals surface area contributed by atoms with Gasteiger partial charge in [-0.25, -0.2) is 0 Å². The molecule has 1 rings (SSSR count). The Balaban J connectivity index is 2.38. The first-order chi connectivity index (χ1) is 4.33. The maximum absolute atomic E-state index is 8.84. The van der Waals surface area contributed by atoms with Crippen molar-refractivity contribution in [1.29, 1.82) is 0 Å². The number of ether oxygens (including phenoxy) is 1. The average Bonchev–Trinajstić information content (AvgIpc) is 1.88. The van der Waals surface area contributed by atoms with E-state index in [2.05, 4.69) is 0 Å². The summed E-state index contributed by atoms with van der Waals surface area (Å²) in [6, 6.07) is 0. The number of aliphatic hydroxyl groups excluding tert-OH is 1. The summed E-state index contributed by atoms with van der Waals surface area (Å²) in [6.07, 6.45) is 3.54. The molecule has 0 fully saturated rings. The van der Waals surface area contributed by atoms with E-state index in [-0.39, 0.29) is 6.10 Å². The molecule has 0 saturated carbocycles. The van der Waals surface area contributed by atoms with Gasteiger partial charge in [-0.05, 0) is 12.5 Å². The zero-order valence-electron chi connectivity index (χ0n) is 4.96. The highest BCUT2D eigenvalue weighted by Crippen LogP contribution is 2.10. The van der Waals surface area contributed by atoms with Crippen molar-refractivity contribution in [3.05, 3.63) is 12.2 Å². The fourth-order valence-corrected chi connectivity index (χ4v) is 0.943. The van der Waals surface area contributed by atoms with Crippen molar-refractivity contribution >= 4 is 11.6 Å². The van der Waals surface area contributed by atoms with E-state index in [1.807, 2.05) is 6.08 Å². The summed E-state index contributed by atoms with van der Waals surface area (Å²) in [4.78, 5) is 0. The predicted molar refractivity (Wildman–Crippen MR) is 35.4 cm³/mol. The Bertz CT molecular complexity index is 114. The first-order valence-electron chi connectivity index (χ1n) is 2.89. The molecule has 1 N–H and O–H groups in total. The Morgan fingerprint density at radius 2 is 2.56 bits per heavy atom. The predicted octanol–water partition coefficient (Wildman–Crippen LogP) is 0.889. The van der Waals surface area contributed by atoms with E-state index in [4.69, 9.17) is 21.4 Å². The van der Waals surface area contributed by atoms with Crippen LogP contribution in [0.15, 0.2) is 12.2 Å². The van der Waals surface area contributed by atoms with Crippen molar-refractivity contribution < 1.29 is 9.84 Å². The van der Waals surface area contributed by atoms with E-state index in [9.17, 15) is 0 Å². The van der Waals surface area contributed by atoms with Crippen LogP contribution in [0.25, 0.3) is 0 Å². The second kappa shape index (κ2) is 3.20. The summed E-state index contributed by atoms with van der Waals surface area (Å²) in [5, 5.41) is 8.84. The van der Waals surface area contributed by atoms with E-state index < -0.39 is 6.29 Å². The van der Waals surface area contributed by atoms with Gasteiger partial charge in [-0.15, -0.1) is 11.6 Å². The van der Waals surface area contributed by atoms with Crippen LogP contribution in [-0.4, -0.2) is 23.4 Å². The lowest BCUT2D eigenvalue weighted by molar-refractivity contribution is -0.103. The van der Waals surface area contributed by atoms with E-state index in [0.717, 1.165) is 6.42 Å². The summed E-state index contributed by atoms with van der Waals surface area (Å²) in [7, 11) is 0. The lowest BCUT2D eigenvalue weighted by Gasteiger charge is -2.19. The molecule has 52 valence electrons. The van der Waals surface area contributed by atoms with Crippen LogP contribution in [0.2, 0.25) is 0 Å². The maximum atomic E-state index is 8.84. The van der Waals surface area contributed by atoms with Crippen LogP contribution in [0.4, 0.5) is 0 Å². The molecule has 2 atom stereocenters. The number of hydrogen-bond donors (Lipinski definition) is 1. The van der Waals surface area contributed by atoms with Gasteiger partial charge in [-0.3, -0.25) is 0 Å². The molecule has 0 radical (unpaired) electrons. The van der Waals surface area contributed by atoms with Crippen molar-refractivity contribution in [3.63, 3.8) is 0 Å². The van der Waals surface area contributed by atoms with Crippen LogP contribution in [-0.2, 0) is 4.74 Å². The standard InChI is InChI=1S/C6H9ClO2/c7-4-5-2-1-3-6(8)9-5/h1,3,5-6,8H,2,4H2/t5-,6?/m0/s1. The minimum Gasteiger partial charge on any atom is -0.365 e. The molecule has 0 aromatic rings. The van der Waals surface area contributed by atoms with Gasteiger partial charge in [0.25, 0.3) is 0 Å². The van der Waals surface area contributed by atoms with Crippen LogP contribution in [0.3, 0.4) is 0 Å². The van der Waals surface area contributed by atoms with Crippen molar-refractivity contribution in [3.8, 4) is 0 Å². The molecular formula is C6H9ClO2. The molecule has 1 unspecified atom stereocenters. The number of aliphatic hydroxyl groups is 1. The van der Waals surface area contributed by atoms with Gasteiger partial charge in [0.1, 0.15) is 0 Å². The van der Waals surface area contributed by atoms with Gasteiger partial charge in [0, 0.05) is 5.88 Å². The average molecular weight is 149 g/mol. The zero-order valence-corrected chi connectivity index (χ0v) is 5.71. The zero-order chi connectivity index (χ0) is 6.69. The fourth-order valence-electron chi connectivity index (χ4n) is 0.744. The number of rotatable bonds is 1. The van der Waals surface area contributed by atoms with Crippen LogP contribution >= 0.6 is 11.6 Å². The summed E-state index contributed by atoms with van der Waals surface area (Å²) >= 11 is 5.48. The van der Waals surface area contributed by atoms with Gasteiger partial charge < -0.3 is 9.84 Å². The Kier molecular flexibility index (Phi) is 2.51. The van der Waals surface area contributed by atoms with E-state index in [0.29, 0.717) is 5.88 Å². The van der Waals surface area contributed by atoms with Gasteiger partial charge in [0.2, 0.25) is 0 Å². The topological polar surface area (TPSA) is 29.5 Å². The van der Waals surface area contributed by atoms with Gasteiger partial charge >= 0.3 is 0 Å². The largest absolute Gasteiger partial charge is 0.365 e. The van der Waals surface area contributed by atoms with Crippen LogP contribution < -0.4 is 0 Å². The third-order valence-corrected chi connectivity index (χ3v) is 1.55. The first-order valence-corrected chi connectivity index (χ1v) is 3.42. The molecule has 0 aromatic carbocycles. The van der Waals surface area contributed by atoms with Crippen molar-refractivity contribution in [2.75, 3.05) is 5.88 Å².